The summed E-state index contributed by atoms with van der Waals surface area (Å²) in [6.45, 7) is 3.79. The molecule has 1 rings (SSSR count). The Morgan fingerprint density at radius 2 is 0.836 bits per heavy atom. The number of esters is 2. The molecule has 0 aromatic rings. The molecule has 13 heteroatoms. The van der Waals surface area contributed by atoms with Gasteiger partial charge in [-0.25, -0.2) is 0 Å². The third kappa shape index (κ3) is 33.8. The molecule has 362 valence electrons. The van der Waals surface area contributed by atoms with Crippen molar-refractivity contribution in [1.82, 2.24) is 0 Å². The molecule has 0 aromatic carbocycles. The summed E-state index contributed by atoms with van der Waals surface area (Å²) in [4.78, 5) is 25.4. The number of hydrogen-bond acceptors (Lipinski definition) is 11. The van der Waals surface area contributed by atoms with Crippen LogP contribution >= 0.6 is 0 Å². The van der Waals surface area contributed by atoms with Crippen molar-refractivity contribution in [2.45, 2.75) is 275 Å². The van der Waals surface area contributed by atoms with Crippen LogP contribution in [-0.2, 0) is 38.7 Å². The van der Waals surface area contributed by atoms with Crippen LogP contribution in [0.3, 0.4) is 0 Å². The Morgan fingerprint density at radius 3 is 1.20 bits per heavy atom. The molecule has 0 saturated carbocycles. The zero-order valence-corrected chi connectivity index (χ0v) is 39.6. The molecule has 0 radical (unpaired) electrons. The lowest BCUT2D eigenvalue weighted by Crippen LogP contribution is -2.60. The second-order valence-electron chi connectivity index (χ2n) is 17.9. The Bertz CT molecular complexity index is 1140. The maximum Gasteiger partial charge on any atom is 0.306 e. The second-order valence-corrected chi connectivity index (χ2v) is 19.3. The van der Waals surface area contributed by atoms with E-state index in [1.807, 2.05) is 0 Å². The number of hydrogen-bond donors (Lipinski definition) is 4. The number of unbranched alkanes of at least 4 members (excludes halogenated alkanes) is 31. The molecule has 0 spiro atoms. The number of carbonyl (C=O) groups excluding carboxylic acids is 2. The van der Waals surface area contributed by atoms with Gasteiger partial charge in [-0.15, -0.1) is 0 Å². The van der Waals surface area contributed by atoms with E-state index in [-0.39, 0.29) is 19.4 Å². The molecule has 0 amide bonds. The van der Waals surface area contributed by atoms with Gasteiger partial charge in [-0.2, -0.15) is 8.42 Å². The van der Waals surface area contributed by atoms with Crippen molar-refractivity contribution in [2.75, 3.05) is 19.0 Å². The van der Waals surface area contributed by atoms with Crippen molar-refractivity contribution in [3.63, 3.8) is 0 Å². The van der Waals surface area contributed by atoms with Crippen LogP contribution in [-0.4, -0.2) is 96.0 Å². The fourth-order valence-electron chi connectivity index (χ4n) is 8.03. The number of ether oxygens (including phenoxy) is 4. The van der Waals surface area contributed by atoms with Gasteiger partial charge in [0.05, 0.1) is 6.61 Å². The smallest absolute Gasteiger partial charge is 0.306 e. The first kappa shape index (κ1) is 57.7. The van der Waals surface area contributed by atoms with Gasteiger partial charge in [0.25, 0.3) is 10.1 Å². The third-order valence-electron chi connectivity index (χ3n) is 11.9. The lowest BCUT2D eigenvalue weighted by molar-refractivity contribution is -0.297. The molecule has 0 aliphatic carbocycles. The van der Waals surface area contributed by atoms with Gasteiger partial charge in [0.1, 0.15) is 36.8 Å². The first-order valence-electron chi connectivity index (χ1n) is 25.1. The molecule has 1 heterocycles. The minimum Gasteiger partial charge on any atom is -0.462 e. The lowest BCUT2D eigenvalue weighted by Gasteiger charge is -2.40. The van der Waals surface area contributed by atoms with Crippen LogP contribution in [0.4, 0.5) is 0 Å². The monoisotopic (exact) mass is 893 g/mol. The van der Waals surface area contributed by atoms with Crippen LogP contribution in [0.25, 0.3) is 0 Å². The van der Waals surface area contributed by atoms with Crippen LogP contribution in [0.15, 0.2) is 0 Å². The fourth-order valence-corrected chi connectivity index (χ4v) is 8.72. The van der Waals surface area contributed by atoms with Crippen LogP contribution in [0, 0.1) is 0 Å². The molecule has 2 unspecified atom stereocenters. The van der Waals surface area contributed by atoms with Crippen molar-refractivity contribution in [1.29, 1.82) is 0 Å². The Hall–Kier alpha value is -1.35. The number of rotatable bonds is 43. The number of aliphatic hydroxyl groups is 3. The van der Waals surface area contributed by atoms with Gasteiger partial charge in [-0.1, -0.05) is 213 Å². The summed E-state index contributed by atoms with van der Waals surface area (Å²) in [5.41, 5.74) is 0. The summed E-state index contributed by atoms with van der Waals surface area (Å²) < 4.78 is 54.1. The van der Waals surface area contributed by atoms with Gasteiger partial charge in [0.15, 0.2) is 12.4 Å². The van der Waals surface area contributed by atoms with E-state index >= 15 is 0 Å². The molecule has 12 nitrogen and oxygen atoms in total. The van der Waals surface area contributed by atoms with Crippen LogP contribution in [0.5, 0.6) is 0 Å². The predicted molar refractivity (Wildman–Crippen MR) is 243 cm³/mol. The van der Waals surface area contributed by atoms with E-state index in [1.54, 1.807) is 0 Å². The van der Waals surface area contributed by atoms with E-state index in [1.165, 1.54) is 161 Å². The number of aliphatic hydroxyl groups excluding tert-OH is 3. The van der Waals surface area contributed by atoms with Gasteiger partial charge < -0.3 is 34.3 Å². The Balaban J connectivity index is 2.32. The highest BCUT2D eigenvalue weighted by atomic mass is 32.2. The highest BCUT2D eigenvalue weighted by Crippen LogP contribution is 2.24. The summed E-state index contributed by atoms with van der Waals surface area (Å²) in [5, 5.41) is 30.9. The average Bonchev–Trinajstić information content (AvgIpc) is 3.22. The van der Waals surface area contributed by atoms with Crippen molar-refractivity contribution in [2.24, 2.45) is 0 Å². The highest BCUT2D eigenvalue weighted by Gasteiger charge is 2.46. The molecule has 0 bridgehead atoms. The molecule has 1 saturated heterocycles. The molecule has 1 aliphatic rings. The lowest BCUT2D eigenvalue weighted by atomic mass is 10.00. The van der Waals surface area contributed by atoms with Crippen molar-refractivity contribution < 1.29 is 56.8 Å². The first-order valence-corrected chi connectivity index (χ1v) is 26.7. The van der Waals surface area contributed by atoms with E-state index in [0.29, 0.717) is 12.8 Å². The minimum atomic E-state index is -4.60. The average molecular weight is 893 g/mol. The molecule has 1 fully saturated rings. The van der Waals surface area contributed by atoms with E-state index < -0.39 is 71.2 Å². The predicted octanol–water partition coefficient (Wildman–Crippen LogP) is 10.8. The molecule has 4 N–H and O–H groups in total. The maximum absolute atomic E-state index is 12.8. The minimum absolute atomic E-state index is 0.173. The van der Waals surface area contributed by atoms with Gasteiger partial charge in [0, 0.05) is 12.8 Å². The SMILES string of the molecule is CCCCCCCCCCCCCCCCCCCCCCCCC(=O)O[C@H](COC(=O)CCCCCCCCCCCCC)CO[C@H]1O[C@H](CS(=O)(=O)O)[C@@H](O)C(O)C1O. The molecule has 1 aliphatic heterocycles. The van der Waals surface area contributed by atoms with Crippen molar-refractivity contribution in [3.05, 3.63) is 0 Å². The van der Waals surface area contributed by atoms with Gasteiger partial charge >= 0.3 is 11.9 Å². The quantitative estimate of drug-likeness (QED) is 0.0258. The van der Waals surface area contributed by atoms with Gasteiger partial charge in [-0.05, 0) is 12.8 Å². The Labute approximate surface area is 372 Å². The normalized spacial score (nSPS) is 19.9. The Kier molecular flexibility index (Phi) is 36.9. The zero-order chi connectivity index (χ0) is 44.8. The third-order valence-corrected chi connectivity index (χ3v) is 12.7. The molecular weight excluding hydrogens is 801 g/mol. The number of carbonyl (C=O) groups is 2. The fraction of sp³-hybridized carbons (Fsp3) is 0.958. The van der Waals surface area contributed by atoms with Crippen molar-refractivity contribution in [3.8, 4) is 0 Å². The van der Waals surface area contributed by atoms with Gasteiger partial charge in [-0.3, -0.25) is 14.1 Å². The largest absolute Gasteiger partial charge is 0.462 e. The maximum atomic E-state index is 12.8. The van der Waals surface area contributed by atoms with E-state index in [2.05, 4.69) is 13.8 Å². The second kappa shape index (κ2) is 39.1. The van der Waals surface area contributed by atoms with Crippen LogP contribution in [0.2, 0.25) is 0 Å². The Morgan fingerprint density at radius 1 is 0.492 bits per heavy atom. The first-order chi connectivity index (χ1) is 29.5. The molecular formula is C48H92O12S. The highest BCUT2D eigenvalue weighted by molar-refractivity contribution is 7.85. The van der Waals surface area contributed by atoms with Crippen molar-refractivity contribution >= 4 is 22.1 Å². The summed E-state index contributed by atoms with van der Waals surface area (Å²) in [5.74, 6) is -1.96. The summed E-state index contributed by atoms with van der Waals surface area (Å²) >= 11 is 0. The van der Waals surface area contributed by atoms with Crippen LogP contribution < -0.4 is 0 Å². The summed E-state index contributed by atoms with van der Waals surface area (Å²) in [7, 11) is -4.60. The van der Waals surface area contributed by atoms with Gasteiger partial charge in [0.2, 0.25) is 0 Å². The molecule has 6 atom stereocenters. The van der Waals surface area contributed by atoms with E-state index in [4.69, 9.17) is 18.9 Å². The molecule has 0 aromatic heterocycles. The molecule has 61 heavy (non-hydrogen) atoms. The standard InChI is InChI=1S/C48H92O12S/c1-3-5-7-9-11-13-15-16-17-18-19-20-21-22-23-24-25-27-29-31-33-35-37-44(50)59-41(38-57-43(49)36-34-32-30-28-26-14-12-10-8-6-4-2)39-58-48-47(53)46(52)45(51)42(60-48)40-61(54,55)56/h41-42,45-48,51-53H,3-40H2,1-2H3,(H,54,55,56)/t41-,42-,45-,46?,47?,48+/m1/s1. The summed E-state index contributed by atoms with van der Waals surface area (Å²) in [6, 6.07) is 0. The zero-order valence-electron chi connectivity index (χ0n) is 38.8. The topological polar surface area (TPSA) is 186 Å². The summed E-state index contributed by atoms with van der Waals surface area (Å²) in [6.07, 6.45) is 31.6. The van der Waals surface area contributed by atoms with E-state index in [9.17, 15) is 37.9 Å². The van der Waals surface area contributed by atoms with Crippen LogP contribution in [0.1, 0.15) is 239 Å². The van der Waals surface area contributed by atoms with E-state index in [0.717, 1.165) is 38.5 Å².